The van der Waals surface area contributed by atoms with E-state index < -0.39 is 0 Å². The van der Waals surface area contributed by atoms with E-state index in [1.54, 1.807) is 6.20 Å². The first kappa shape index (κ1) is 13.6. The second-order valence-corrected chi connectivity index (χ2v) is 4.70. The lowest BCUT2D eigenvalue weighted by molar-refractivity contribution is 0.283. The van der Waals surface area contributed by atoms with Crippen molar-refractivity contribution in [2.24, 2.45) is 0 Å². The molecule has 4 heteroatoms. The van der Waals surface area contributed by atoms with Crippen molar-refractivity contribution in [3.05, 3.63) is 30.5 Å². The number of aliphatic hydroxyl groups is 1. The lowest BCUT2D eigenvalue weighted by atomic mass is 10.1. The zero-order chi connectivity index (χ0) is 13.5. The fraction of sp³-hybridized carbons (Fsp3) is 0.400. The van der Waals surface area contributed by atoms with E-state index in [0.717, 1.165) is 54.5 Å². The Hall–Kier alpha value is -1.81. The molecule has 0 atom stereocenters. The zero-order valence-corrected chi connectivity index (χ0v) is 11.1. The largest absolute Gasteiger partial charge is 0.399 e. The fourth-order valence-electron chi connectivity index (χ4n) is 2.13. The van der Waals surface area contributed by atoms with Gasteiger partial charge < -0.3 is 16.2 Å². The third kappa shape index (κ3) is 3.83. The van der Waals surface area contributed by atoms with Crippen LogP contribution >= 0.6 is 0 Å². The van der Waals surface area contributed by atoms with Gasteiger partial charge in [0.15, 0.2) is 0 Å². The van der Waals surface area contributed by atoms with Gasteiger partial charge in [0.05, 0.1) is 5.52 Å². The number of nitrogens with two attached hydrogens (primary N) is 1. The molecule has 1 aromatic carbocycles. The smallest absolute Gasteiger partial charge is 0.0743 e. The van der Waals surface area contributed by atoms with Crippen LogP contribution in [0.25, 0.3) is 10.9 Å². The van der Waals surface area contributed by atoms with Gasteiger partial charge in [0.2, 0.25) is 0 Å². The van der Waals surface area contributed by atoms with Crippen molar-refractivity contribution < 1.29 is 5.11 Å². The first-order chi connectivity index (χ1) is 9.31. The molecule has 0 aliphatic heterocycles. The molecule has 0 bridgehead atoms. The number of rotatable bonds is 7. The highest BCUT2D eigenvalue weighted by Gasteiger charge is 2.01. The number of hydrogen-bond donors (Lipinski definition) is 3. The van der Waals surface area contributed by atoms with Crippen molar-refractivity contribution in [1.29, 1.82) is 0 Å². The van der Waals surface area contributed by atoms with E-state index in [0.29, 0.717) is 6.61 Å². The Kier molecular flexibility index (Phi) is 4.98. The minimum atomic E-state index is 0.295. The van der Waals surface area contributed by atoms with Gasteiger partial charge in [-0.1, -0.05) is 12.8 Å². The van der Waals surface area contributed by atoms with Crippen LogP contribution in [0.5, 0.6) is 0 Å². The summed E-state index contributed by atoms with van der Waals surface area (Å²) >= 11 is 0. The maximum atomic E-state index is 8.71. The number of nitrogens with zero attached hydrogens (tertiary/aromatic N) is 1. The summed E-state index contributed by atoms with van der Waals surface area (Å²) < 4.78 is 0. The van der Waals surface area contributed by atoms with Crippen molar-refractivity contribution in [2.75, 3.05) is 24.2 Å². The van der Waals surface area contributed by atoms with E-state index in [1.807, 2.05) is 24.3 Å². The molecule has 0 fully saturated rings. The number of fused-ring (bicyclic) bond motifs is 1. The van der Waals surface area contributed by atoms with Crippen LogP contribution in [0.1, 0.15) is 25.7 Å². The molecule has 0 saturated heterocycles. The summed E-state index contributed by atoms with van der Waals surface area (Å²) in [6, 6.07) is 7.79. The molecule has 0 spiro atoms. The average Bonchev–Trinajstić information content (AvgIpc) is 2.42. The van der Waals surface area contributed by atoms with E-state index in [9.17, 15) is 0 Å². The number of unbranched alkanes of at least 4 members (excludes halogenated alkanes) is 3. The summed E-state index contributed by atoms with van der Waals surface area (Å²) in [6.45, 7) is 1.23. The van der Waals surface area contributed by atoms with Gasteiger partial charge in [-0.15, -0.1) is 0 Å². The zero-order valence-electron chi connectivity index (χ0n) is 11.1. The van der Waals surface area contributed by atoms with Crippen molar-refractivity contribution >= 4 is 22.3 Å². The number of aliphatic hydroxyl groups excluding tert-OH is 1. The molecule has 0 saturated carbocycles. The second kappa shape index (κ2) is 6.95. The van der Waals surface area contributed by atoms with Crippen molar-refractivity contribution in [2.45, 2.75) is 25.7 Å². The number of aromatic nitrogens is 1. The van der Waals surface area contributed by atoms with E-state index in [2.05, 4.69) is 10.3 Å². The number of nitrogen functional groups attached to an aromatic ring is 1. The Balaban J connectivity index is 1.93. The van der Waals surface area contributed by atoms with E-state index in [1.165, 1.54) is 0 Å². The Bertz CT molecular complexity index is 528. The third-order valence-corrected chi connectivity index (χ3v) is 3.17. The molecule has 102 valence electrons. The number of pyridine rings is 1. The van der Waals surface area contributed by atoms with Crippen LogP contribution < -0.4 is 11.1 Å². The molecule has 4 nitrogen and oxygen atoms in total. The summed E-state index contributed by atoms with van der Waals surface area (Å²) in [6.07, 6.45) is 6.04. The monoisotopic (exact) mass is 259 g/mol. The van der Waals surface area contributed by atoms with Gasteiger partial charge >= 0.3 is 0 Å². The molecule has 19 heavy (non-hydrogen) atoms. The Morgan fingerprint density at radius 1 is 1.11 bits per heavy atom. The number of nitrogens with one attached hydrogen (secondary N) is 1. The van der Waals surface area contributed by atoms with E-state index >= 15 is 0 Å². The first-order valence-corrected chi connectivity index (χ1v) is 6.80. The Labute approximate surface area is 113 Å². The Morgan fingerprint density at radius 3 is 2.79 bits per heavy atom. The second-order valence-electron chi connectivity index (χ2n) is 4.70. The number of hydrogen-bond acceptors (Lipinski definition) is 4. The SMILES string of the molecule is Nc1ccc2c(NCCCCCCO)ccnc2c1. The molecule has 0 aliphatic rings. The van der Waals surface area contributed by atoms with Crippen LogP contribution in [0, 0.1) is 0 Å². The molecule has 0 unspecified atom stereocenters. The lowest BCUT2D eigenvalue weighted by Crippen LogP contribution is -2.02. The molecule has 2 rings (SSSR count). The molecule has 2 aromatic rings. The van der Waals surface area contributed by atoms with E-state index in [4.69, 9.17) is 10.8 Å². The average molecular weight is 259 g/mol. The van der Waals surface area contributed by atoms with Crippen molar-refractivity contribution in [3.8, 4) is 0 Å². The van der Waals surface area contributed by atoms with Gasteiger partial charge in [0, 0.05) is 36.1 Å². The molecule has 0 aliphatic carbocycles. The minimum absolute atomic E-state index is 0.295. The highest BCUT2D eigenvalue weighted by molar-refractivity contribution is 5.92. The maximum Gasteiger partial charge on any atom is 0.0743 e. The summed E-state index contributed by atoms with van der Waals surface area (Å²) in [5.74, 6) is 0. The van der Waals surface area contributed by atoms with Crippen LogP contribution in [0.4, 0.5) is 11.4 Å². The predicted molar refractivity (Wildman–Crippen MR) is 80.2 cm³/mol. The van der Waals surface area contributed by atoms with Crippen LogP contribution in [-0.4, -0.2) is 23.2 Å². The normalized spacial score (nSPS) is 10.8. The van der Waals surface area contributed by atoms with Gasteiger partial charge in [0.25, 0.3) is 0 Å². The highest BCUT2D eigenvalue weighted by Crippen LogP contribution is 2.23. The van der Waals surface area contributed by atoms with Crippen LogP contribution in [0.15, 0.2) is 30.5 Å². The molecule has 1 aromatic heterocycles. The minimum Gasteiger partial charge on any atom is -0.399 e. The lowest BCUT2D eigenvalue weighted by Gasteiger charge is -2.09. The summed E-state index contributed by atoms with van der Waals surface area (Å²) in [5, 5.41) is 13.3. The van der Waals surface area contributed by atoms with Gasteiger partial charge in [-0.3, -0.25) is 4.98 Å². The Morgan fingerprint density at radius 2 is 1.95 bits per heavy atom. The molecule has 4 N–H and O–H groups in total. The first-order valence-electron chi connectivity index (χ1n) is 6.80. The standard InChI is InChI=1S/C15H21N3O/c16-12-5-6-13-14(7-9-18-15(13)11-12)17-8-3-1-2-4-10-19/h5-7,9,11,19H,1-4,8,10,16H2,(H,17,18). The molecular formula is C15H21N3O. The van der Waals surface area contributed by atoms with Crippen LogP contribution in [0.2, 0.25) is 0 Å². The molecule has 0 amide bonds. The highest BCUT2D eigenvalue weighted by atomic mass is 16.2. The van der Waals surface area contributed by atoms with Gasteiger partial charge in [-0.05, 0) is 37.1 Å². The van der Waals surface area contributed by atoms with Gasteiger partial charge in [-0.2, -0.15) is 0 Å². The molecular weight excluding hydrogens is 238 g/mol. The molecule has 1 heterocycles. The maximum absolute atomic E-state index is 8.71. The van der Waals surface area contributed by atoms with Gasteiger partial charge in [-0.25, -0.2) is 0 Å². The number of benzene rings is 1. The summed E-state index contributed by atoms with van der Waals surface area (Å²) in [7, 11) is 0. The van der Waals surface area contributed by atoms with Crippen molar-refractivity contribution in [1.82, 2.24) is 4.98 Å². The quantitative estimate of drug-likeness (QED) is 0.528. The topological polar surface area (TPSA) is 71.2 Å². The van der Waals surface area contributed by atoms with Crippen LogP contribution in [0.3, 0.4) is 0 Å². The summed E-state index contributed by atoms with van der Waals surface area (Å²) in [5.41, 5.74) is 8.52. The van der Waals surface area contributed by atoms with Crippen molar-refractivity contribution in [3.63, 3.8) is 0 Å². The molecule has 0 radical (unpaired) electrons. The predicted octanol–water partition coefficient (Wildman–Crippen LogP) is 2.78. The van der Waals surface area contributed by atoms with E-state index in [-0.39, 0.29) is 0 Å². The van der Waals surface area contributed by atoms with Crippen LogP contribution in [-0.2, 0) is 0 Å². The number of anilines is 2. The third-order valence-electron chi connectivity index (χ3n) is 3.17. The summed E-state index contributed by atoms with van der Waals surface area (Å²) in [4.78, 5) is 4.32. The fourth-order valence-corrected chi connectivity index (χ4v) is 2.13. The van der Waals surface area contributed by atoms with Gasteiger partial charge in [0.1, 0.15) is 0 Å².